The van der Waals surface area contributed by atoms with Crippen molar-refractivity contribution in [2.75, 3.05) is 18.2 Å². The van der Waals surface area contributed by atoms with E-state index in [1.807, 2.05) is 48.5 Å². The van der Waals surface area contributed by atoms with Crippen LogP contribution in [0.5, 0.6) is 5.75 Å². The summed E-state index contributed by atoms with van der Waals surface area (Å²) in [6.45, 7) is 0. The highest BCUT2D eigenvalue weighted by atomic mass is 32.2. The highest BCUT2D eigenvalue weighted by Crippen LogP contribution is 2.37. The average molecular weight is 407 g/mol. The van der Waals surface area contributed by atoms with Crippen molar-refractivity contribution in [1.29, 1.82) is 0 Å². The molecule has 6 nitrogen and oxygen atoms in total. The molecule has 0 spiro atoms. The smallest absolute Gasteiger partial charge is 0.307 e. The van der Waals surface area contributed by atoms with Crippen LogP contribution in [-0.4, -0.2) is 33.9 Å². The number of aromatic nitrogens is 2. The Kier molecular flexibility index (Phi) is 5.67. The number of carbonyl (C=O) groups is 1. The molecule has 1 aliphatic heterocycles. The van der Waals surface area contributed by atoms with Crippen molar-refractivity contribution in [3.8, 4) is 17.1 Å². The molecule has 29 heavy (non-hydrogen) atoms. The van der Waals surface area contributed by atoms with E-state index in [1.165, 1.54) is 0 Å². The zero-order valence-corrected chi connectivity index (χ0v) is 16.8. The third-order valence-electron chi connectivity index (χ3n) is 4.64. The van der Waals surface area contributed by atoms with Crippen molar-refractivity contribution in [1.82, 2.24) is 9.97 Å². The average Bonchev–Trinajstić information content (AvgIpc) is 2.74. The second kappa shape index (κ2) is 8.53. The summed E-state index contributed by atoms with van der Waals surface area (Å²) < 4.78 is 5.34. The fraction of sp³-hybridized carbons (Fsp3) is 0.227. The van der Waals surface area contributed by atoms with Gasteiger partial charge in [-0.05, 0) is 48.4 Å². The number of carboxylic acids is 1. The maximum Gasteiger partial charge on any atom is 0.307 e. The molecule has 0 aliphatic carbocycles. The fourth-order valence-electron chi connectivity index (χ4n) is 3.23. The van der Waals surface area contributed by atoms with Crippen LogP contribution in [0.1, 0.15) is 17.7 Å². The maximum atomic E-state index is 10.9. The number of benzene rings is 2. The first-order valence-electron chi connectivity index (χ1n) is 9.38. The van der Waals surface area contributed by atoms with Gasteiger partial charge in [-0.3, -0.25) is 4.79 Å². The number of anilines is 2. The molecule has 0 amide bonds. The SMILES string of the molecule is COc1cccc(-c2nc3c(c(Nc4ccc(CC(=O)O)cc4)n2)SCCC3)c1. The van der Waals surface area contributed by atoms with E-state index < -0.39 is 5.97 Å². The molecule has 0 fully saturated rings. The Hall–Kier alpha value is -3.06. The third-order valence-corrected chi connectivity index (χ3v) is 5.85. The summed E-state index contributed by atoms with van der Waals surface area (Å²) in [6.07, 6.45) is 2.03. The first-order valence-corrected chi connectivity index (χ1v) is 10.4. The number of aryl methyl sites for hydroxylation is 1. The molecule has 0 saturated heterocycles. The van der Waals surface area contributed by atoms with E-state index >= 15 is 0 Å². The standard InChI is InChI=1S/C22H21N3O3S/c1-28-17-5-2-4-15(13-17)21-24-18-6-3-11-29-20(18)22(25-21)23-16-9-7-14(8-10-16)12-19(26)27/h2,4-5,7-10,13H,3,6,11-12H2,1H3,(H,26,27)(H,23,24,25). The summed E-state index contributed by atoms with van der Waals surface area (Å²) in [5.41, 5.74) is 3.59. The van der Waals surface area contributed by atoms with Crippen LogP contribution >= 0.6 is 11.8 Å². The Morgan fingerprint density at radius 1 is 1.21 bits per heavy atom. The second-order valence-electron chi connectivity index (χ2n) is 6.75. The van der Waals surface area contributed by atoms with Crippen molar-refractivity contribution < 1.29 is 14.6 Å². The number of nitrogens with one attached hydrogen (secondary N) is 1. The Labute approximate surface area is 173 Å². The molecule has 7 heteroatoms. The zero-order valence-electron chi connectivity index (χ0n) is 16.0. The predicted molar refractivity (Wildman–Crippen MR) is 114 cm³/mol. The van der Waals surface area contributed by atoms with Gasteiger partial charge in [-0.15, -0.1) is 11.8 Å². The first kappa shape index (κ1) is 19.3. The van der Waals surface area contributed by atoms with Crippen LogP contribution < -0.4 is 10.1 Å². The predicted octanol–water partition coefficient (Wildman–Crippen LogP) is 4.56. The molecule has 1 aliphatic rings. The number of nitrogens with zero attached hydrogens (tertiary/aromatic N) is 2. The number of hydrogen-bond acceptors (Lipinski definition) is 6. The summed E-state index contributed by atoms with van der Waals surface area (Å²) in [7, 11) is 1.64. The first-order chi connectivity index (χ1) is 14.1. The van der Waals surface area contributed by atoms with E-state index in [-0.39, 0.29) is 6.42 Å². The number of ether oxygens (including phenoxy) is 1. The molecule has 0 radical (unpaired) electrons. The Morgan fingerprint density at radius 2 is 2.03 bits per heavy atom. The zero-order chi connectivity index (χ0) is 20.2. The van der Waals surface area contributed by atoms with Crippen molar-refractivity contribution in [3.05, 3.63) is 59.8 Å². The van der Waals surface area contributed by atoms with Crippen molar-refractivity contribution in [2.45, 2.75) is 24.2 Å². The highest BCUT2D eigenvalue weighted by molar-refractivity contribution is 7.99. The van der Waals surface area contributed by atoms with Crippen LogP contribution in [0, 0.1) is 0 Å². The number of rotatable bonds is 6. The van der Waals surface area contributed by atoms with E-state index in [4.69, 9.17) is 19.8 Å². The van der Waals surface area contributed by atoms with Crippen LogP contribution in [0.2, 0.25) is 0 Å². The van der Waals surface area contributed by atoms with Gasteiger partial charge in [-0.1, -0.05) is 24.3 Å². The van der Waals surface area contributed by atoms with Crippen LogP contribution in [0.15, 0.2) is 53.4 Å². The van der Waals surface area contributed by atoms with Crippen LogP contribution in [-0.2, 0) is 17.6 Å². The number of fused-ring (bicyclic) bond motifs is 1. The third kappa shape index (κ3) is 4.51. The number of hydrogen-bond donors (Lipinski definition) is 2. The molecule has 0 atom stereocenters. The summed E-state index contributed by atoms with van der Waals surface area (Å²) in [4.78, 5) is 21.6. The number of aliphatic carboxylic acids is 1. The Balaban J connectivity index is 1.69. The van der Waals surface area contributed by atoms with Gasteiger partial charge in [0.15, 0.2) is 5.82 Å². The molecular weight excluding hydrogens is 386 g/mol. The van der Waals surface area contributed by atoms with E-state index in [0.29, 0.717) is 5.82 Å². The molecule has 1 aromatic heterocycles. The molecule has 0 bridgehead atoms. The molecule has 0 unspecified atom stereocenters. The van der Waals surface area contributed by atoms with Crippen LogP contribution in [0.25, 0.3) is 11.4 Å². The fourth-order valence-corrected chi connectivity index (χ4v) is 4.27. The summed E-state index contributed by atoms with van der Waals surface area (Å²) in [6, 6.07) is 15.1. The van der Waals surface area contributed by atoms with Crippen molar-refractivity contribution >= 4 is 29.2 Å². The minimum Gasteiger partial charge on any atom is -0.497 e. The van der Waals surface area contributed by atoms with Crippen molar-refractivity contribution in [3.63, 3.8) is 0 Å². The molecular formula is C22H21N3O3S. The minimum atomic E-state index is -0.838. The van der Waals surface area contributed by atoms with Gasteiger partial charge in [-0.25, -0.2) is 9.97 Å². The molecule has 0 saturated carbocycles. The van der Waals surface area contributed by atoms with Gasteiger partial charge in [0.1, 0.15) is 11.6 Å². The lowest BCUT2D eigenvalue weighted by Crippen LogP contribution is -2.09. The molecule has 2 aromatic carbocycles. The van der Waals surface area contributed by atoms with E-state index in [2.05, 4.69) is 5.32 Å². The Morgan fingerprint density at radius 3 is 2.79 bits per heavy atom. The van der Waals surface area contributed by atoms with Gasteiger partial charge >= 0.3 is 5.97 Å². The topological polar surface area (TPSA) is 84.3 Å². The van der Waals surface area contributed by atoms with E-state index in [1.54, 1.807) is 18.9 Å². The Bertz CT molecular complexity index is 1040. The monoisotopic (exact) mass is 407 g/mol. The lowest BCUT2D eigenvalue weighted by Gasteiger charge is -2.19. The quantitative estimate of drug-likeness (QED) is 0.619. The van der Waals surface area contributed by atoms with Crippen LogP contribution in [0.4, 0.5) is 11.5 Å². The summed E-state index contributed by atoms with van der Waals surface area (Å²) in [5.74, 6) is 2.41. The molecule has 2 heterocycles. The second-order valence-corrected chi connectivity index (χ2v) is 7.85. The maximum absolute atomic E-state index is 10.9. The van der Waals surface area contributed by atoms with Gasteiger partial charge in [-0.2, -0.15) is 0 Å². The minimum absolute atomic E-state index is 0.0129. The lowest BCUT2D eigenvalue weighted by atomic mass is 10.1. The van der Waals surface area contributed by atoms with Gasteiger partial charge in [0.25, 0.3) is 0 Å². The normalized spacial score (nSPS) is 12.9. The van der Waals surface area contributed by atoms with Gasteiger partial charge in [0, 0.05) is 11.3 Å². The number of methoxy groups -OCH3 is 1. The van der Waals surface area contributed by atoms with E-state index in [9.17, 15) is 4.79 Å². The number of carboxylic acid groups (broad SMARTS) is 1. The van der Waals surface area contributed by atoms with Gasteiger partial charge < -0.3 is 15.2 Å². The van der Waals surface area contributed by atoms with E-state index in [0.717, 1.165) is 57.6 Å². The number of thioether (sulfide) groups is 1. The van der Waals surface area contributed by atoms with Crippen LogP contribution in [0.3, 0.4) is 0 Å². The van der Waals surface area contributed by atoms with Crippen molar-refractivity contribution in [2.24, 2.45) is 0 Å². The largest absolute Gasteiger partial charge is 0.497 e. The van der Waals surface area contributed by atoms with Gasteiger partial charge in [0.05, 0.1) is 24.1 Å². The molecule has 4 rings (SSSR count). The van der Waals surface area contributed by atoms with Gasteiger partial charge in [0.2, 0.25) is 0 Å². The highest BCUT2D eigenvalue weighted by Gasteiger charge is 2.19. The molecule has 148 valence electrons. The molecule has 3 aromatic rings. The summed E-state index contributed by atoms with van der Waals surface area (Å²) >= 11 is 1.77. The lowest BCUT2D eigenvalue weighted by molar-refractivity contribution is -0.136. The molecule has 2 N–H and O–H groups in total. The summed E-state index contributed by atoms with van der Waals surface area (Å²) in [5, 5.41) is 12.3.